The second-order valence-electron chi connectivity index (χ2n) is 6.68. The Labute approximate surface area is 219 Å². The molecule has 0 aromatic carbocycles. The minimum Gasteiger partial charge on any atom is -0.406 e. The second kappa shape index (κ2) is 30.5. The predicted molar refractivity (Wildman–Crippen MR) is 148 cm³/mol. The Kier molecular flexibility index (Phi) is 36.9. The van der Waals surface area contributed by atoms with Crippen molar-refractivity contribution >= 4 is 11.9 Å². The van der Waals surface area contributed by atoms with Crippen molar-refractivity contribution in [2.45, 2.75) is 108 Å². The molecule has 0 aliphatic carbocycles. The Bertz CT molecular complexity index is 649. The highest BCUT2D eigenvalue weighted by molar-refractivity contribution is 5.94. The van der Waals surface area contributed by atoms with Crippen LogP contribution in [0.1, 0.15) is 101 Å². The van der Waals surface area contributed by atoms with Gasteiger partial charge < -0.3 is 15.4 Å². The number of allylic oxidation sites excluding steroid dienone is 4. The van der Waals surface area contributed by atoms with E-state index in [1.54, 1.807) is 20.9 Å². The van der Waals surface area contributed by atoms with E-state index < -0.39 is 17.7 Å². The molecule has 214 valence electrons. The van der Waals surface area contributed by atoms with Gasteiger partial charge >= 0.3 is 12.1 Å². The molecule has 0 heterocycles. The van der Waals surface area contributed by atoms with Crippen LogP contribution < -0.4 is 10.6 Å². The highest BCUT2D eigenvalue weighted by Crippen LogP contribution is 2.24. The van der Waals surface area contributed by atoms with Crippen LogP contribution in [0.2, 0.25) is 0 Å². The van der Waals surface area contributed by atoms with E-state index in [9.17, 15) is 22.8 Å². The Morgan fingerprint density at radius 2 is 1.33 bits per heavy atom. The van der Waals surface area contributed by atoms with Crippen molar-refractivity contribution in [2.24, 2.45) is 0 Å². The van der Waals surface area contributed by atoms with E-state index in [2.05, 4.69) is 31.1 Å². The van der Waals surface area contributed by atoms with Crippen molar-refractivity contribution in [3.63, 3.8) is 0 Å². The molecule has 2 N–H and O–H groups in total. The van der Waals surface area contributed by atoms with E-state index in [0.717, 1.165) is 31.1 Å². The van der Waals surface area contributed by atoms with E-state index in [-0.39, 0.29) is 11.8 Å². The number of unbranched alkanes of at least 4 members (excludes halogenated alkanes) is 2. The summed E-state index contributed by atoms with van der Waals surface area (Å²) in [4.78, 5) is 22.4. The third-order valence-electron chi connectivity index (χ3n) is 4.05. The third-order valence-corrected chi connectivity index (χ3v) is 4.05. The van der Waals surface area contributed by atoms with E-state index in [4.69, 9.17) is 4.74 Å². The van der Waals surface area contributed by atoms with Crippen LogP contribution in [-0.2, 0) is 14.3 Å². The quantitative estimate of drug-likeness (QED) is 0.138. The molecule has 0 spiro atoms. The Balaban J connectivity index is -0.000000136. The molecule has 36 heavy (non-hydrogen) atoms. The van der Waals surface area contributed by atoms with Crippen molar-refractivity contribution in [1.29, 1.82) is 0 Å². The number of nitrogens with one attached hydrogen (secondary N) is 2. The second-order valence-corrected chi connectivity index (χ2v) is 6.68. The monoisotopic (exact) mass is 522 g/mol. The first-order valence-electron chi connectivity index (χ1n) is 12.8. The number of alkyl halides is 3. The van der Waals surface area contributed by atoms with Gasteiger partial charge in [-0.15, -0.1) is 0 Å². The van der Waals surface area contributed by atoms with Gasteiger partial charge in [0.25, 0.3) is 5.91 Å². The van der Waals surface area contributed by atoms with Crippen LogP contribution in [0, 0.1) is 0 Å². The van der Waals surface area contributed by atoms with Gasteiger partial charge in [0, 0.05) is 25.7 Å². The molecule has 1 amide bonds. The first-order valence-corrected chi connectivity index (χ1v) is 12.8. The minimum atomic E-state index is -4.19. The van der Waals surface area contributed by atoms with Crippen LogP contribution in [0.3, 0.4) is 0 Å². The summed E-state index contributed by atoms with van der Waals surface area (Å²) in [6.07, 6.45) is 4.77. The molecular formula is C28H53F3N2O3. The van der Waals surface area contributed by atoms with Gasteiger partial charge in [0.2, 0.25) is 5.88 Å². The zero-order chi connectivity index (χ0) is 29.7. The number of amides is 1. The van der Waals surface area contributed by atoms with Gasteiger partial charge in [-0.25, -0.2) is 4.79 Å². The van der Waals surface area contributed by atoms with Gasteiger partial charge in [-0.1, -0.05) is 99.0 Å². The van der Waals surface area contributed by atoms with Gasteiger partial charge in [-0.2, -0.15) is 13.2 Å². The summed E-state index contributed by atoms with van der Waals surface area (Å²) < 4.78 is 40.6. The maximum Gasteiger partial charge on any atom is 0.412 e. The molecule has 0 aliphatic heterocycles. The molecule has 0 bridgehead atoms. The Hall–Kier alpha value is -2.51. The topological polar surface area (TPSA) is 67.4 Å². The lowest BCUT2D eigenvalue weighted by Gasteiger charge is -2.11. The molecule has 0 aliphatic rings. The maximum atomic E-state index is 11.9. The van der Waals surface area contributed by atoms with Crippen LogP contribution in [0.25, 0.3) is 0 Å². The van der Waals surface area contributed by atoms with Crippen LogP contribution in [0.15, 0.2) is 47.4 Å². The number of halogens is 3. The number of hydrogen-bond donors (Lipinski definition) is 2. The fourth-order valence-electron chi connectivity index (χ4n) is 1.81. The SMILES string of the molecule is C=CC(=O)O/C(NC)=C(\CC)C(=O)NC.CC.CC.CC/C(C)=C\C=C(/C)C(F)(F)F.CCCCC. The molecule has 0 fully saturated rings. The van der Waals surface area contributed by atoms with E-state index in [0.29, 0.717) is 12.0 Å². The number of rotatable bonds is 9. The highest BCUT2D eigenvalue weighted by atomic mass is 19.4. The average Bonchev–Trinajstić information content (AvgIpc) is 2.89. The summed E-state index contributed by atoms with van der Waals surface area (Å²) in [5, 5.41) is 5.13. The van der Waals surface area contributed by atoms with Gasteiger partial charge in [-0.3, -0.25) is 4.79 Å². The Morgan fingerprint density at radius 1 is 0.861 bits per heavy atom. The lowest BCUT2D eigenvalue weighted by molar-refractivity contribution is -0.134. The van der Waals surface area contributed by atoms with Crippen LogP contribution in [0.4, 0.5) is 13.2 Å². The summed E-state index contributed by atoms with van der Waals surface area (Å²) in [6, 6.07) is 0. The van der Waals surface area contributed by atoms with Crippen LogP contribution in [0.5, 0.6) is 0 Å². The molecular weight excluding hydrogens is 469 g/mol. The van der Waals surface area contributed by atoms with Crippen molar-refractivity contribution in [1.82, 2.24) is 10.6 Å². The highest BCUT2D eigenvalue weighted by Gasteiger charge is 2.29. The molecule has 8 heteroatoms. The van der Waals surface area contributed by atoms with E-state index in [1.165, 1.54) is 32.4 Å². The molecule has 0 unspecified atom stereocenters. The minimum absolute atomic E-state index is 0.154. The lowest BCUT2D eigenvalue weighted by Crippen LogP contribution is -2.26. The largest absolute Gasteiger partial charge is 0.412 e. The summed E-state index contributed by atoms with van der Waals surface area (Å²) in [7, 11) is 3.09. The normalized spacial score (nSPS) is 11.2. The number of likely N-dealkylation sites (N-methyl/N-ethyl adjacent to an activating group) is 1. The third kappa shape index (κ3) is 27.7. The Morgan fingerprint density at radius 3 is 1.58 bits per heavy atom. The first-order chi connectivity index (χ1) is 16.9. The predicted octanol–water partition coefficient (Wildman–Crippen LogP) is 8.40. The molecule has 0 saturated carbocycles. The molecule has 0 atom stereocenters. The molecule has 0 aromatic heterocycles. The van der Waals surface area contributed by atoms with Gasteiger partial charge in [0.1, 0.15) is 0 Å². The number of esters is 1. The zero-order valence-electron chi connectivity index (χ0n) is 24.8. The molecule has 0 rings (SSSR count). The van der Waals surface area contributed by atoms with Crippen molar-refractivity contribution in [3.8, 4) is 0 Å². The number of ether oxygens (including phenoxy) is 1. The number of carbonyl (C=O) groups excluding carboxylic acids is 2. The molecule has 5 nitrogen and oxygen atoms in total. The van der Waals surface area contributed by atoms with Crippen molar-refractivity contribution in [3.05, 3.63) is 47.4 Å². The lowest BCUT2D eigenvalue weighted by atomic mass is 10.2. The average molecular weight is 523 g/mol. The summed E-state index contributed by atoms with van der Waals surface area (Å²) in [6.45, 7) is 22.3. The zero-order valence-corrected chi connectivity index (χ0v) is 24.8. The fraction of sp³-hybridized carbons (Fsp3) is 0.643. The molecule has 0 aromatic rings. The van der Waals surface area contributed by atoms with Crippen molar-refractivity contribution in [2.75, 3.05) is 14.1 Å². The van der Waals surface area contributed by atoms with Gasteiger partial charge in [-0.05, 0) is 26.7 Å². The van der Waals surface area contributed by atoms with Gasteiger partial charge in [0.05, 0.1) is 5.57 Å². The first kappa shape index (κ1) is 43.6. The standard InChI is InChI=1S/C10H16N2O3.C9H13F3.C5H12.2C2H6/c1-5-7(9(14)11-3)10(12-4)15-8(13)6-2;1-4-7(2)5-6-8(3)9(10,11)12;1-3-5-4-2;2*1-2/h6,12H,2,5H2,1,3-4H3,(H,11,14);5-6H,4H2,1-3H3;3-5H2,1-2H3;2*1-2H3/b10-7+;7-5-,8-6+;;;. The van der Waals surface area contributed by atoms with Crippen LogP contribution >= 0.6 is 0 Å². The summed E-state index contributed by atoms with van der Waals surface area (Å²) in [5.41, 5.74) is 0.768. The van der Waals surface area contributed by atoms with Crippen molar-refractivity contribution < 1.29 is 27.5 Å². The van der Waals surface area contributed by atoms with Gasteiger partial charge in [0.15, 0.2) is 0 Å². The fourth-order valence-corrected chi connectivity index (χ4v) is 1.81. The summed E-state index contributed by atoms with van der Waals surface area (Å²) >= 11 is 0. The maximum absolute atomic E-state index is 11.9. The molecule has 0 saturated heterocycles. The molecule has 0 radical (unpaired) electrons. The smallest absolute Gasteiger partial charge is 0.406 e. The van der Waals surface area contributed by atoms with Crippen LogP contribution in [-0.4, -0.2) is 32.1 Å². The summed E-state index contributed by atoms with van der Waals surface area (Å²) in [5.74, 6) is -0.727. The number of carbonyl (C=O) groups is 2. The van der Waals surface area contributed by atoms with E-state index >= 15 is 0 Å². The van der Waals surface area contributed by atoms with E-state index in [1.807, 2.05) is 34.6 Å². The number of hydrogen-bond acceptors (Lipinski definition) is 4.